The Bertz CT molecular complexity index is 615. The summed E-state index contributed by atoms with van der Waals surface area (Å²) in [5.74, 6) is -0.664. The van der Waals surface area contributed by atoms with Gasteiger partial charge in [0.2, 0.25) is 11.8 Å². The monoisotopic (exact) mass is 332 g/mol. The molecule has 6 heteroatoms. The molecule has 0 aliphatic carbocycles. The van der Waals surface area contributed by atoms with E-state index >= 15 is 0 Å². The van der Waals surface area contributed by atoms with Crippen LogP contribution in [0.3, 0.4) is 0 Å². The number of carbonyl (C=O) groups is 2. The largest absolute Gasteiger partial charge is 0.347 e. The Hall–Kier alpha value is -1.92. The highest BCUT2D eigenvalue weighted by Crippen LogP contribution is 2.31. The van der Waals surface area contributed by atoms with E-state index in [2.05, 4.69) is 0 Å². The molecule has 6 nitrogen and oxygen atoms in total. The van der Waals surface area contributed by atoms with Crippen LogP contribution in [-0.2, 0) is 19.1 Å². The molecule has 2 saturated heterocycles. The average molecular weight is 332 g/mol. The molecule has 0 N–H and O–H groups in total. The highest BCUT2D eigenvalue weighted by molar-refractivity contribution is 5.98. The predicted molar refractivity (Wildman–Crippen MR) is 89.7 cm³/mol. The minimum absolute atomic E-state index is 0.0405. The zero-order valence-electron chi connectivity index (χ0n) is 14.3. The molecule has 1 aromatic carbocycles. The lowest BCUT2D eigenvalue weighted by molar-refractivity contribution is -0.187. The first-order valence-corrected chi connectivity index (χ1v) is 8.40. The van der Waals surface area contributed by atoms with Crippen molar-refractivity contribution in [3.63, 3.8) is 0 Å². The summed E-state index contributed by atoms with van der Waals surface area (Å²) < 4.78 is 11.4. The summed E-state index contributed by atoms with van der Waals surface area (Å²) in [5, 5.41) is 0. The molecular formula is C18H24N2O4. The number of rotatable bonds is 3. The smallest absolute Gasteiger partial charge is 0.242 e. The maximum absolute atomic E-state index is 12.7. The zero-order chi connectivity index (χ0) is 17.2. The van der Waals surface area contributed by atoms with Gasteiger partial charge in [-0.25, -0.2) is 0 Å². The van der Waals surface area contributed by atoms with Gasteiger partial charge in [-0.2, -0.15) is 0 Å². The van der Waals surface area contributed by atoms with Gasteiger partial charge in [0, 0.05) is 38.5 Å². The summed E-state index contributed by atoms with van der Waals surface area (Å²) >= 11 is 0. The van der Waals surface area contributed by atoms with Crippen molar-refractivity contribution >= 4 is 17.5 Å². The van der Waals surface area contributed by atoms with Gasteiger partial charge in [-0.05, 0) is 18.6 Å². The molecule has 1 spiro atoms. The summed E-state index contributed by atoms with van der Waals surface area (Å²) in [6, 6.07) is 7.61. The summed E-state index contributed by atoms with van der Waals surface area (Å²) in [4.78, 5) is 28.0. The molecule has 2 aliphatic rings. The highest BCUT2D eigenvalue weighted by Gasteiger charge is 2.40. The van der Waals surface area contributed by atoms with Gasteiger partial charge in [-0.1, -0.05) is 18.2 Å². The van der Waals surface area contributed by atoms with Crippen LogP contribution in [0.5, 0.6) is 0 Å². The van der Waals surface area contributed by atoms with Gasteiger partial charge < -0.3 is 19.3 Å². The lowest BCUT2D eigenvalue weighted by atomic mass is 10.0. The summed E-state index contributed by atoms with van der Waals surface area (Å²) in [5.41, 5.74) is 1.76. The van der Waals surface area contributed by atoms with Crippen LogP contribution in [0, 0.1) is 6.92 Å². The summed E-state index contributed by atoms with van der Waals surface area (Å²) in [7, 11) is 0. The van der Waals surface area contributed by atoms with Gasteiger partial charge in [-0.3, -0.25) is 9.59 Å². The third-order valence-electron chi connectivity index (χ3n) is 4.77. The second-order valence-corrected chi connectivity index (χ2v) is 6.38. The maximum atomic E-state index is 12.7. The molecule has 0 radical (unpaired) electrons. The number of carbonyl (C=O) groups excluding carboxylic acids is 2. The van der Waals surface area contributed by atoms with Crippen LogP contribution >= 0.6 is 0 Å². The van der Waals surface area contributed by atoms with Gasteiger partial charge in [0.25, 0.3) is 0 Å². The molecule has 0 atom stereocenters. The Morgan fingerprint density at radius 2 is 1.79 bits per heavy atom. The van der Waals surface area contributed by atoms with Gasteiger partial charge in [0.1, 0.15) is 6.54 Å². The van der Waals surface area contributed by atoms with Crippen LogP contribution in [-0.4, -0.2) is 55.3 Å². The van der Waals surface area contributed by atoms with Gasteiger partial charge in [0.15, 0.2) is 5.79 Å². The van der Waals surface area contributed by atoms with E-state index < -0.39 is 5.79 Å². The molecule has 2 heterocycles. The molecule has 0 unspecified atom stereocenters. The summed E-state index contributed by atoms with van der Waals surface area (Å²) in [6.45, 7) is 5.94. The summed E-state index contributed by atoms with van der Waals surface area (Å²) in [6.07, 6.45) is 1.37. The van der Waals surface area contributed by atoms with Gasteiger partial charge in [-0.15, -0.1) is 0 Å². The molecule has 0 saturated carbocycles. The normalized spacial score (nSPS) is 19.5. The number of amides is 2. The average Bonchev–Trinajstić information content (AvgIpc) is 3.02. The fourth-order valence-electron chi connectivity index (χ4n) is 3.35. The highest BCUT2D eigenvalue weighted by atomic mass is 16.7. The van der Waals surface area contributed by atoms with Crippen LogP contribution in [0.15, 0.2) is 24.3 Å². The Balaban J connectivity index is 1.64. The number of para-hydroxylation sites is 1. The fraction of sp³-hybridized carbons (Fsp3) is 0.556. The first kappa shape index (κ1) is 16.9. The van der Waals surface area contributed by atoms with Crippen LogP contribution in [0.4, 0.5) is 5.69 Å². The Morgan fingerprint density at radius 3 is 2.38 bits per heavy atom. The van der Waals surface area contributed by atoms with E-state index in [1.165, 1.54) is 6.92 Å². The lowest BCUT2D eigenvalue weighted by Gasteiger charge is -2.38. The van der Waals surface area contributed by atoms with E-state index in [1.807, 2.05) is 31.2 Å². The second-order valence-electron chi connectivity index (χ2n) is 6.38. The molecule has 2 aliphatic heterocycles. The third-order valence-corrected chi connectivity index (χ3v) is 4.77. The number of piperidine rings is 1. The topological polar surface area (TPSA) is 59.1 Å². The van der Waals surface area contributed by atoms with Crippen molar-refractivity contribution in [2.75, 3.05) is 37.7 Å². The molecule has 3 rings (SSSR count). The molecule has 2 fully saturated rings. The first-order chi connectivity index (χ1) is 11.5. The van der Waals surface area contributed by atoms with E-state index in [9.17, 15) is 9.59 Å². The molecule has 2 amide bonds. The number of ether oxygens (including phenoxy) is 2. The SMILES string of the molecule is CC(=O)N(CC(=O)N1CCC2(CC1)OCCO2)c1ccccc1C. The Morgan fingerprint density at radius 1 is 1.17 bits per heavy atom. The van der Waals surface area contributed by atoms with E-state index in [0.29, 0.717) is 39.1 Å². The third kappa shape index (κ3) is 3.44. The number of hydrogen-bond donors (Lipinski definition) is 0. The van der Waals surface area contributed by atoms with E-state index in [4.69, 9.17) is 9.47 Å². The van der Waals surface area contributed by atoms with E-state index in [1.54, 1.807) is 9.80 Å². The number of benzene rings is 1. The molecular weight excluding hydrogens is 308 g/mol. The lowest BCUT2D eigenvalue weighted by Crippen LogP contribution is -2.50. The molecule has 0 aromatic heterocycles. The predicted octanol–water partition coefficient (Wildman–Crippen LogP) is 1.71. The zero-order valence-corrected chi connectivity index (χ0v) is 14.3. The molecule has 130 valence electrons. The van der Waals surface area contributed by atoms with E-state index in [-0.39, 0.29) is 18.4 Å². The van der Waals surface area contributed by atoms with Crippen molar-refractivity contribution in [2.45, 2.75) is 32.5 Å². The Kier molecular flexibility index (Phi) is 4.87. The molecule has 24 heavy (non-hydrogen) atoms. The number of likely N-dealkylation sites (tertiary alicyclic amines) is 1. The fourth-order valence-corrected chi connectivity index (χ4v) is 3.35. The van der Waals surface area contributed by atoms with Crippen molar-refractivity contribution in [3.8, 4) is 0 Å². The van der Waals surface area contributed by atoms with E-state index in [0.717, 1.165) is 11.3 Å². The van der Waals surface area contributed by atoms with Crippen molar-refractivity contribution in [2.24, 2.45) is 0 Å². The minimum atomic E-state index is -0.493. The number of nitrogens with zero attached hydrogens (tertiary/aromatic N) is 2. The number of anilines is 1. The van der Waals surface area contributed by atoms with Crippen molar-refractivity contribution < 1.29 is 19.1 Å². The standard InChI is InChI=1S/C18H24N2O4/c1-14-5-3-4-6-16(14)20(15(2)21)13-17(22)19-9-7-18(8-10-19)23-11-12-24-18/h3-6H,7-13H2,1-2H3. The van der Waals surface area contributed by atoms with Crippen molar-refractivity contribution in [1.29, 1.82) is 0 Å². The Labute approximate surface area is 142 Å². The van der Waals surface area contributed by atoms with Crippen LogP contribution in [0.1, 0.15) is 25.3 Å². The minimum Gasteiger partial charge on any atom is -0.347 e. The maximum Gasteiger partial charge on any atom is 0.242 e. The van der Waals surface area contributed by atoms with Gasteiger partial charge in [0.05, 0.1) is 13.2 Å². The first-order valence-electron chi connectivity index (χ1n) is 8.40. The number of hydrogen-bond acceptors (Lipinski definition) is 4. The van der Waals surface area contributed by atoms with Crippen LogP contribution in [0.2, 0.25) is 0 Å². The quantitative estimate of drug-likeness (QED) is 0.845. The second kappa shape index (κ2) is 6.91. The van der Waals surface area contributed by atoms with Crippen molar-refractivity contribution in [3.05, 3.63) is 29.8 Å². The van der Waals surface area contributed by atoms with Crippen molar-refractivity contribution in [1.82, 2.24) is 4.90 Å². The van der Waals surface area contributed by atoms with Crippen LogP contribution < -0.4 is 4.90 Å². The molecule has 1 aromatic rings. The van der Waals surface area contributed by atoms with Crippen LogP contribution in [0.25, 0.3) is 0 Å². The molecule has 0 bridgehead atoms. The number of aryl methyl sites for hydroxylation is 1. The van der Waals surface area contributed by atoms with Gasteiger partial charge >= 0.3 is 0 Å².